The maximum atomic E-state index is 11.8. The van der Waals surface area contributed by atoms with E-state index in [1.54, 1.807) is 12.0 Å². The van der Waals surface area contributed by atoms with Crippen molar-refractivity contribution in [2.75, 3.05) is 20.2 Å². The van der Waals surface area contributed by atoms with Crippen LogP contribution in [-0.2, 0) is 16.0 Å². The lowest BCUT2D eigenvalue weighted by molar-refractivity contribution is -0.131. The van der Waals surface area contributed by atoms with Gasteiger partial charge in [0.1, 0.15) is 5.75 Å². The zero-order valence-electron chi connectivity index (χ0n) is 13.9. The summed E-state index contributed by atoms with van der Waals surface area (Å²) in [4.78, 5) is 24.9. The molecule has 5 heteroatoms. The number of carbonyl (C=O) groups is 2. The lowest BCUT2D eigenvalue weighted by atomic mass is 10.1. The summed E-state index contributed by atoms with van der Waals surface area (Å²) >= 11 is 0. The molecule has 1 rings (SSSR count). The van der Waals surface area contributed by atoms with Gasteiger partial charge < -0.3 is 15.0 Å². The first-order valence-corrected chi connectivity index (χ1v) is 7.61. The third kappa shape index (κ3) is 6.16. The summed E-state index contributed by atoms with van der Waals surface area (Å²) in [7, 11) is 1.64. The molecule has 0 heterocycles. The second-order valence-corrected chi connectivity index (χ2v) is 5.50. The number of nitrogens with zero attached hydrogens (tertiary/aromatic N) is 1. The van der Waals surface area contributed by atoms with E-state index in [2.05, 4.69) is 5.32 Å². The molecule has 22 heavy (non-hydrogen) atoms. The molecule has 5 nitrogen and oxygen atoms in total. The van der Waals surface area contributed by atoms with E-state index in [4.69, 9.17) is 4.74 Å². The molecule has 0 bridgehead atoms. The SMILES string of the molecule is COc1ccc(CCNC(=O)CCN(C(C)=O)C(C)C)cc1. The van der Waals surface area contributed by atoms with Crippen LogP contribution in [0.4, 0.5) is 0 Å². The first-order valence-electron chi connectivity index (χ1n) is 7.61. The van der Waals surface area contributed by atoms with E-state index < -0.39 is 0 Å². The van der Waals surface area contributed by atoms with E-state index in [0.717, 1.165) is 17.7 Å². The Bertz CT molecular complexity index is 483. The van der Waals surface area contributed by atoms with Gasteiger partial charge in [-0.15, -0.1) is 0 Å². The molecular formula is C17H26N2O3. The molecule has 0 fully saturated rings. The van der Waals surface area contributed by atoms with Crippen LogP contribution in [0.5, 0.6) is 5.75 Å². The lowest BCUT2D eigenvalue weighted by Gasteiger charge is -2.24. The molecule has 1 aromatic rings. The Balaban J connectivity index is 2.29. The second-order valence-electron chi connectivity index (χ2n) is 5.50. The van der Waals surface area contributed by atoms with E-state index in [1.165, 1.54) is 6.92 Å². The van der Waals surface area contributed by atoms with Gasteiger partial charge in [-0.05, 0) is 38.0 Å². The fraction of sp³-hybridized carbons (Fsp3) is 0.529. The van der Waals surface area contributed by atoms with Crippen molar-refractivity contribution in [3.8, 4) is 5.75 Å². The van der Waals surface area contributed by atoms with Crippen LogP contribution in [0, 0.1) is 0 Å². The molecule has 2 amide bonds. The number of methoxy groups -OCH3 is 1. The first-order chi connectivity index (χ1) is 10.4. The lowest BCUT2D eigenvalue weighted by Crippen LogP contribution is -2.38. The monoisotopic (exact) mass is 306 g/mol. The summed E-state index contributed by atoms with van der Waals surface area (Å²) in [5.74, 6) is 0.798. The molecule has 0 aliphatic rings. The summed E-state index contributed by atoms with van der Waals surface area (Å²) in [6.07, 6.45) is 1.11. The Morgan fingerprint density at radius 2 is 1.86 bits per heavy atom. The second kappa shape index (κ2) is 9.07. The average Bonchev–Trinajstić information content (AvgIpc) is 2.47. The maximum absolute atomic E-state index is 11.8. The van der Waals surface area contributed by atoms with Crippen LogP contribution in [0.15, 0.2) is 24.3 Å². The van der Waals surface area contributed by atoms with Gasteiger partial charge in [-0.2, -0.15) is 0 Å². The molecule has 0 aliphatic carbocycles. The number of rotatable bonds is 8. The minimum Gasteiger partial charge on any atom is -0.497 e. The largest absolute Gasteiger partial charge is 0.497 e. The highest BCUT2D eigenvalue weighted by molar-refractivity contribution is 5.78. The average molecular weight is 306 g/mol. The number of hydrogen-bond donors (Lipinski definition) is 1. The molecule has 0 aliphatic heterocycles. The molecule has 122 valence electrons. The third-order valence-electron chi connectivity index (χ3n) is 3.50. The molecule has 0 radical (unpaired) electrons. The topological polar surface area (TPSA) is 58.6 Å². The van der Waals surface area contributed by atoms with Crippen molar-refractivity contribution in [2.45, 2.75) is 39.7 Å². The highest BCUT2D eigenvalue weighted by atomic mass is 16.5. The summed E-state index contributed by atoms with van der Waals surface area (Å²) in [6.45, 7) is 6.47. The van der Waals surface area contributed by atoms with Crippen molar-refractivity contribution in [3.05, 3.63) is 29.8 Å². The molecule has 0 spiro atoms. The maximum Gasteiger partial charge on any atom is 0.221 e. The van der Waals surface area contributed by atoms with E-state index in [1.807, 2.05) is 38.1 Å². The van der Waals surface area contributed by atoms with Gasteiger partial charge in [-0.1, -0.05) is 12.1 Å². The predicted molar refractivity (Wildman–Crippen MR) is 86.8 cm³/mol. The Morgan fingerprint density at radius 1 is 1.23 bits per heavy atom. The van der Waals surface area contributed by atoms with Crippen molar-refractivity contribution in [3.63, 3.8) is 0 Å². The van der Waals surface area contributed by atoms with E-state index in [-0.39, 0.29) is 17.9 Å². The number of hydrogen-bond acceptors (Lipinski definition) is 3. The normalized spacial score (nSPS) is 10.4. The standard InChI is InChI=1S/C17H26N2O3/c1-13(2)19(14(3)20)12-10-17(21)18-11-9-15-5-7-16(22-4)8-6-15/h5-8,13H,9-12H2,1-4H3,(H,18,21). The van der Waals surface area contributed by atoms with Gasteiger partial charge in [0.05, 0.1) is 7.11 Å². The van der Waals surface area contributed by atoms with Crippen LogP contribution in [0.2, 0.25) is 0 Å². The van der Waals surface area contributed by atoms with Crippen molar-refractivity contribution in [2.24, 2.45) is 0 Å². The third-order valence-corrected chi connectivity index (χ3v) is 3.50. The minimum absolute atomic E-state index is 0.000956. The molecule has 0 unspecified atom stereocenters. The molecular weight excluding hydrogens is 280 g/mol. The number of carbonyl (C=O) groups excluding carboxylic acids is 2. The van der Waals surface area contributed by atoms with Crippen molar-refractivity contribution < 1.29 is 14.3 Å². The first kappa shape index (κ1) is 18.0. The number of benzene rings is 1. The fourth-order valence-electron chi connectivity index (χ4n) is 2.23. The van der Waals surface area contributed by atoms with Crippen LogP contribution < -0.4 is 10.1 Å². The molecule has 1 aromatic carbocycles. The molecule has 0 saturated carbocycles. The Labute approximate surface area is 132 Å². The number of amides is 2. The summed E-state index contributed by atoms with van der Waals surface area (Å²) in [5.41, 5.74) is 1.15. The van der Waals surface area contributed by atoms with Crippen molar-refractivity contribution >= 4 is 11.8 Å². The smallest absolute Gasteiger partial charge is 0.221 e. The summed E-state index contributed by atoms with van der Waals surface area (Å²) in [6, 6.07) is 7.90. The summed E-state index contributed by atoms with van der Waals surface area (Å²) in [5, 5.41) is 2.88. The molecule has 1 N–H and O–H groups in total. The van der Waals surface area contributed by atoms with Gasteiger partial charge in [0.2, 0.25) is 11.8 Å². The molecule has 0 saturated heterocycles. The number of nitrogens with one attached hydrogen (secondary N) is 1. The van der Waals surface area contributed by atoms with Gasteiger partial charge in [0.15, 0.2) is 0 Å². The number of ether oxygens (including phenoxy) is 1. The minimum atomic E-state index is -0.0274. The summed E-state index contributed by atoms with van der Waals surface area (Å²) < 4.78 is 5.10. The molecule has 0 aromatic heterocycles. The van der Waals surface area contributed by atoms with Gasteiger partial charge >= 0.3 is 0 Å². The quantitative estimate of drug-likeness (QED) is 0.799. The zero-order valence-corrected chi connectivity index (χ0v) is 13.9. The Morgan fingerprint density at radius 3 is 2.36 bits per heavy atom. The van der Waals surface area contributed by atoms with Gasteiger partial charge in [-0.25, -0.2) is 0 Å². The zero-order chi connectivity index (χ0) is 16.5. The van der Waals surface area contributed by atoms with E-state index in [0.29, 0.717) is 19.5 Å². The van der Waals surface area contributed by atoms with Crippen LogP contribution in [0.3, 0.4) is 0 Å². The van der Waals surface area contributed by atoms with E-state index >= 15 is 0 Å². The Kier molecular flexibility index (Phi) is 7.43. The van der Waals surface area contributed by atoms with Crippen molar-refractivity contribution in [1.29, 1.82) is 0 Å². The highest BCUT2D eigenvalue weighted by Crippen LogP contribution is 2.11. The fourth-order valence-corrected chi connectivity index (χ4v) is 2.23. The van der Waals surface area contributed by atoms with Crippen LogP contribution in [-0.4, -0.2) is 43.0 Å². The van der Waals surface area contributed by atoms with Gasteiger partial charge in [0.25, 0.3) is 0 Å². The molecule has 0 atom stereocenters. The van der Waals surface area contributed by atoms with Gasteiger partial charge in [0, 0.05) is 32.5 Å². The van der Waals surface area contributed by atoms with Gasteiger partial charge in [-0.3, -0.25) is 9.59 Å². The van der Waals surface area contributed by atoms with Crippen LogP contribution in [0.25, 0.3) is 0 Å². The van der Waals surface area contributed by atoms with Crippen LogP contribution >= 0.6 is 0 Å². The van der Waals surface area contributed by atoms with Crippen molar-refractivity contribution in [1.82, 2.24) is 10.2 Å². The Hall–Kier alpha value is -2.04. The highest BCUT2D eigenvalue weighted by Gasteiger charge is 2.13. The predicted octanol–water partition coefficient (Wildman–Crippen LogP) is 2.00. The van der Waals surface area contributed by atoms with Crippen LogP contribution in [0.1, 0.15) is 32.8 Å². The van der Waals surface area contributed by atoms with E-state index in [9.17, 15) is 9.59 Å².